The van der Waals surface area contributed by atoms with Crippen LogP contribution in [0.15, 0.2) is 30.6 Å². The number of hydrogen-bond donors (Lipinski definition) is 2. The van der Waals surface area contributed by atoms with Gasteiger partial charge in [-0.15, -0.1) is 5.10 Å². The second kappa shape index (κ2) is 6.99. The molecule has 22 heavy (non-hydrogen) atoms. The van der Waals surface area contributed by atoms with Crippen molar-refractivity contribution in [2.45, 2.75) is 13.5 Å². The summed E-state index contributed by atoms with van der Waals surface area (Å²) in [5, 5.41) is 17.8. The first-order valence-electron chi connectivity index (χ1n) is 6.60. The highest BCUT2D eigenvalue weighted by molar-refractivity contribution is 5.97. The summed E-state index contributed by atoms with van der Waals surface area (Å²) in [7, 11) is 0. The molecule has 0 saturated heterocycles. The van der Waals surface area contributed by atoms with E-state index in [9.17, 15) is 9.59 Å². The molecule has 0 atom stereocenters. The zero-order valence-corrected chi connectivity index (χ0v) is 11.9. The van der Waals surface area contributed by atoms with Crippen molar-refractivity contribution in [3.63, 3.8) is 0 Å². The zero-order chi connectivity index (χ0) is 15.9. The number of carbonyl (C=O) groups is 2. The van der Waals surface area contributed by atoms with Crippen LogP contribution in [0.3, 0.4) is 0 Å². The Balaban J connectivity index is 2.01. The highest BCUT2D eigenvalue weighted by Gasteiger charge is 2.08. The number of rotatable bonds is 5. The molecule has 2 rings (SSSR count). The highest BCUT2D eigenvalue weighted by atomic mass is 16.2. The first-order chi connectivity index (χ1) is 10.6. The molecule has 0 unspecified atom stereocenters. The van der Waals surface area contributed by atoms with Gasteiger partial charge in [-0.2, -0.15) is 5.26 Å². The van der Waals surface area contributed by atoms with Crippen molar-refractivity contribution in [3.05, 3.63) is 42.0 Å². The number of amides is 2. The monoisotopic (exact) mass is 298 g/mol. The maximum Gasteiger partial charge on any atom is 0.252 e. The number of hydrogen-bond acceptors (Lipinski definition) is 5. The van der Waals surface area contributed by atoms with E-state index in [1.165, 1.54) is 11.0 Å². The first-order valence-corrected chi connectivity index (χ1v) is 6.60. The number of carbonyl (C=O) groups excluding carboxylic acids is 2. The van der Waals surface area contributed by atoms with Crippen molar-refractivity contribution >= 4 is 17.5 Å². The Labute approximate surface area is 126 Å². The maximum atomic E-state index is 11.9. The smallest absolute Gasteiger partial charge is 0.252 e. The van der Waals surface area contributed by atoms with E-state index in [4.69, 9.17) is 5.26 Å². The van der Waals surface area contributed by atoms with E-state index in [-0.39, 0.29) is 24.2 Å². The second-order valence-corrected chi connectivity index (χ2v) is 4.37. The van der Waals surface area contributed by atoms with Crippen LogP contribution < -0.4 is 10.6 Å². The van der Waals surface area contributed by atoms with Gasteiger partial charge in [0.1, 0.15) is 18.9 Å². The van der Waals surface area contributed by atoms with Gasteiger partial charge >= 0.3 is 0 Å². The van der Waals surface area contributed by atoms with Gasteiger partial charge in [0, 0.05) is 17.8 Å². The number of anilines is 1. The Morgan fingerprint density at radius 1 is 1.41 bits per heavy atom. The maximum absolute atomic E-state index is 11.9. The molecule has 8 heteroatoms. The van der Waals surface area contributed by atoms with Crippen molar-refractivity contribution in [2.75, 3.05) is 11.9 Å². The van der Waals surface area contributed by atoms with E-state index in [2.05, 4.69) is 20.7 Å². The second-order valence-electron chi connectivity index (χ2n) is 4.37. The molecule has 2 aromatic rings. The van der Waals surface area contributed by atoms with Crippen LogP contribution >= 0.6 is 0 Å². The van der Waals surface area contributed by atoms with Crippen molar-refractivity contribution in [1.29, 1.82) is 5.26 Å². The lowest BCUT2D eigenvalue weighted by Crippen LogP contribution is -2.23. The number of aromatic nitrogens is 3. The summed E-state index contributed by atoms with van der Waals surface area (Å²) >= 11 is 0. The van der Waals surface area contributed by atoms with E-state index in [0.29, 0.717) is 17.8 Å². The molecule has 0 fully saturated rings. The normalized spacial score (nSPS) is 9.82. The van der Waals surface area contributed by atoms with Crippen molar-refractivity contribution < 1.29 is 9.59 Å². The van der Waals surface area contributed by atoms with Gasteiger partial charge in [-0.1, -0.05) is 6.07 Å². The van der Waals surface area contributed by atoms with E-state index < -0.39 is 0 Å². The third kappa shape index (κ3) is 3.89. The molecular weight excluding hydrogens is 284 g/mol. The van der Waals surface area contributed by atoms with E-state index >= 15 is 0 Å². The number of benzene rings is 1. The lowest BCUT2D eigenvalue weighted by molar-refractivity contribution is -0.116. The zero-order valence-electron chi connectivity index (χ0n) is 11.9. The molecule has 2 amide bonds. The van der Waals surface area contributed by atoms with Crippen molar-refractivity contribution in [1.82, 2.24) is 20.1 Å². The fourth-order valence-electron chi connectivity index (χ4n) is 1.77. The molecule has 8 nitrogen and oxygen atoms in total. The summed E-state index contributed by atoms with van der Waals surface area (Å²) in [6.45, 7) is 2.29. The molecular formula is C14H14N6O2. The highest BCUT2D eigenvalue weighted by Crippen LogP contribution is 2.10. The number of nitriles is 1. The quantitative estimate of drug-likeness (QED) is 0.836. The molecule has 0 aliphatic heterocycles. The minimum Gasteiger partial charge on any atom is -0.352 e. The van der Waals surface area contributed by atoms with E-state index in [0.717, 1.165) is 0 Å². The fourth-order valence-corrected chi connectivity index (χ4v) is 1.77. The molecule has 112 valence electrons. The summed E-state index contributed by atoms with van der Waals surface area (Å²) < 4.78 is 1.27. The van der Waals surface area contributed by atoms with Gasteiger partial charge in [0.05, 0.1) is 0 Å². The summed E-state index contributed by atoms with van der Waals surface area (Å²) in [5.74, 6) is -0.526. The number of nitrogens with zero attached hydrogens (tertiary/aromatic N) is 4. The molecule has 0 radical (unpaired) electrons. The van der Waals surface area contributed by atoms with E-state index in [1.54, 1.807) is 30.3 Å². The molecule has 1 heterocycles. The van der Waals surface area contributed by atoms with Crippen molar-refractivity contribution in [3.8, 4) is 6.07 Å². The van der Waals surface area contributed by atoms with Crippen LogP contribution in [0.1, 0.15) is 23.1 Å². The lowest BCUT2D eigenvalue weighted by Gasteiger charge is -2.07. The summed E-state index contributed by atoms with van der Waals surface area (Å²) in [6, 6.07) is 8.40. The van der Waals surface area contributed by atoms with Crippen LogP contribution in [0.25, 0.3) is 0 Å². The molecule has 0 spiro atoms. The van der Waals surface area contributed by atoms with Gasteiger partial charge in [-0.3, -0.25) is 9.59 Å². The molecule has 0 bridgehead atoms. The van der Waals surface area contributed by atoms with Crippen LogP contribution in [-0.4, -0.2) is 33.1 Å². The average molecular weight is 298 g/mol. The van der Waals surface area contributed by atoms with Crippen LogP contribution in [0, 0.1) is 11.3 Å². The number of nitrogens with one attached hydrogen (secondary N) is 2. The van der Waals surface area contributed by atoms with Gasteiger partial charge in [0.25, 0.3) is 11.7 Å². The minimum absolute atomic E-state index is 0.00559. The summed E-state index contributed by atoms with van der Waals surface area (Å²) in [5.41, 5.74) is 0.974. The van der Waals surface area contributed by atoms with Crippen molar-refractivity contribution in [2.24, 2.45) is 0 Å². The third-order valence-electron chi connectivity index (χ3n) is 2.69. The lowest BCUT2D eigenvalue weighted by atomic mass is 10.2. The Morgan fingerprint density at radius 3 is 2.91 bits per heavy atom. The molecule has 0 aliphatic rings. The van der Waals surface area contributed by atoms with Gasteiger partial charge in [0.15, 0.2) is 0 Å². The molecule has 0 aliphatic carbocycles. The first kappa shape index (κ1) is 15.2. The summed E-state index contributed by atoms with van der Waals surface area (Å²) in [4.78, 5) is 27.3. The minimum atomic E-state index is -0.331. The molecule has 2 N–H and O–H groups in total. The predicted octanol–water partition coefficient (Wildman–Crippen LogP) is 0.538. The van der Waals surface area contributed by atoms with Crippen LogP contribution in [-0.2, 0) is 11.3 Å². The Bertz CT molecular complexity index is 731. The topological polar surface area (TPSA) is 113 Å². The SMILES string of the molecule is CCNC(=O)c1cccc(NC(=O)Cn2cnc(C#N)n2)c1. The Morgan fingerprint density at radius 2 is 2.23 bits per heavy atom. The van der Waals surface area contributed by atoms with Gasteiger partial charge < -0.3 is 10.6 Å². The Hall–Kier alpha value is -3.21. The standard InChI is InChI=1S/C14H14N6O2/c1-2-16-14(22)10-4-3-5-11(6-10)18-13(21)8-20-9-17-12(7-15)19-20/h3-6,9H,2,8H2,1H3,(H,16,22)(H,18,21). The molecule has 1 aromatic heterocycles. The average Bonchev–Trinajstić information content (AvgIpc) is 2.95. The summed E-state index contributed by atoms with van der Waals surface area (Å²) in [6.07, 6.45) is 1.31. The van der Waals surface area contributed by atoms with Gasteiger partial charge in [0.2, 0.25) is 5.91 Å². The van der Waals surface area contributed by atoms with E-state index in [1.807, 2.05) is 6.92 Å². The fraction of sp³-hybridized carbons (Fsp3) is 0.214. The predicted molar refractivity (Wildman–Crippen MR) is 77.8 cm³/mol. The third-order valence-corrected chi connectivity index (χ3v) is 2.69. The van der Waals surface area contributed by atoms with Crippen LogP contribution in [0.2, 0.25) is 0 Å². The van der Waals surface area contributed by atoms with Gasteiger partial charge in [-0.05, 0) is 25.1 Å². The largest absolute Gasteiger partial charge is 0.352 e. The molecule has 0 saturated carbocycles. The molecule has 1 aromatic carbocycles. The van der Waals surface area contributed by atoms with Crippen LogP contribution in [0.5, 0.6) is 0 Å². The van der Waals surface area contributed by atoms with Gasteiger partial charge in [-0.25, -0.2) is 9.67 Å². The van der Waals surface area contributed by atoms with Crippen LogP contribution in [0.4, 0.5) is 5.69 Å². The Kier molecular flexibility index (Phi) is 4.82.